The first kappa shape index (κ1) is 12.7. The van der Waals surface area contributed by atoms with E-state index in [2.05, 4.69) is 10.3 Å². The van der Waals surface area contributed by atoms with Gasteiger partial charge in [-0.25, -0.2) is 4.98 Å². The van der Waals surface area contributed by atoms with Crippen LogP contribution in [-0.2, 0) is 6.42 Å². The summed E-state index contributed by atoms with van der Waals surface area (Å²) >= 11 is 5.84. The maximum Gasteiger partial charge on any atom is 0.149 e. The molecule has 1 aromatic heterocycles. The maximum atomic E-state index is 5.85. The molecular formula is C14H16ClN3. The van der Waals surface area contributed by atoms with Crippen molar-refractivity contribution in [3.05, 3.63) is 52.7 Å². The zero-order valence-corrected chi connectivity index (χ0v) is 11.0. The van der Waals surface area contributed by atoms with Gasteiger partial charge in [0.2, 0.25) is 0 Å². The molecule has 2 aromatic rings. The van der Waals surface area contributed by atoms with Gasteiger partial charge in [-0.05, 0) is 43.2 Å². The van der Waals surface area contributed by atoms with E-state index >= 15 is 0 Å². The second kappa shape index (κ2) is 5.74. The van der Waals surface area contributed by atoms with Crippen molar-refractivity contribution >= 4 is 23.1 Å². The van der Waals surface area contributed by atoms with Gasteiger partial charge in [0.1, 0.15) is 5.82 Å². The topological polar surface area (TPSA) is 50.9 Å². The fourth-order valence-electron chi connectivity index (χ4n) is 1.69. The molecule has 0 saturated carbocycles. The number of aromatic nitrogens is 1. The van der Waals surface area contributed by atoms with Gasteiger partial charge >= 0.3 is 0 Å². The Kier molecular flexibility index (Phi) is 4.05. The van der Waals surface area contributed by atoms with Crippen LogP contribution in [0.25, 0.3) is 0 Å². The molecule has 0 amide bonds. The van der Waals surface area contributed by atoms with Crippen molar-refractivity contribution in [3.63, 3.8) is 0 Å². The van der Waals surface area contributed by atoms with E-state index in [0.717, 1.165) is 29.5 Å². The summed E-state index contributed by atoms with van der Waals surface area (Å²) in [5.41, 5.74) is 8.71. The van der Waals surface area contributed by atoms with Crippen LogP contribution in [0.3, 0.4) is 0 Å². The highest BCUT2D eigenvalue weighted by atomic mass is 35.5. The third-order valence-corrected chi connectivity index (χ3v) is 2.94. The normalized spacial score (nSPS) is 10.3. The Balaban J connectivity index is 1.92. The SMILES string of the molecule is Cc1ccc(N)c(NCCc2ccc(Cl)cc2)n1. The Labute approximate surface area is 112 Å². The van der Waals surface area contributed by atoms with Crippen molar-refractivity contribution in [2.24, 2.45) is 0 Å². The predicted molar refractivity (Wildman–Crippen MR) is 77.0 cm³/mol. The smallest absolute Gasteiger partial charge is 0.149 e. The second-order valence-electron chi connectivity index (χ2n) is 4.19. The number of pyridine rings is 1. The van der Waals surface area contributed by atoms with Crippen LogP contribution in [0.2, 0.25) is 5.02 Å². The number of nitrogen functional groups attached to an aromatic ring is 1. The lowest BCUT2D eigenvalue weighted by Gasteiger charge is -2.09. The van der Waals surface area contributed by atoms with Crippen LogP contribution in [0.1, 0.15) is 11.3 Å². The van der Waals surface area contributed by atoms with Crippen LogP contribution in [0, 0.1) is 6.92 Å². The van der Waals surface area contributed by atoms with E-state index < -0.39 is 0 Å². The summed E-state index contributed by atoms with van der Waals surface area (Å²) in [4.78, 5) is 4.36. The Morgan fingerprint density at radius 1 is 1.17 bits per heavy atom. The summed E-state index contributed by atoms with van der Waals surface area (Å²) in [6.07, 6.45) is 0.909. The largest absolute Gasteiger partial charge is 0.396 e. The quantitative estimate of drug-likeness (QED) is 0.888. The summed E-state index contributed by atoms with van der Waals surface area (Å²) in [6.45, 7) is 2.74. The number of nitrogens with two attached hydrogens (primary N) is 1. The van der Waals surface area contributed by atoms with Crippen molar-refractivity contribution in [2.45, 2.75) is 13.3 Å². The Morgan fingerprint density at radius 2 is 1.89 bits per heavy atom. The van der Waals surface area contributed by atoms with Crippen molar-refractivity contribution in [3.8, 4) is 0 Å². The number of nitrogens with zero attached hydrogens (tertiary/aromatic N) is 1. The van der Waals surface area contributed by atoms with Crippen molar-refractivity contribution < 1.29 is 0 Å². The maximum absolute atomic E-state index is 5.85. The third kappa shape index (κ3) is 3.37. The lowest BCUT2D eigenvalue weighted by molar-refractivity contribution is 1.00. The minimum absolute atomic E-state index is 0.678. The van der Waals surface area contributed by atoms with Gasteiger partial charge in [0.25, 0.3) is 0 Å². The fraction of sp³-hybridized carbons (Fsp3) is 0.214. The molecule has 1 aromatic carbocycles. The van der Waals surface area contributed by atoms with E-state index in [0.29, 0.717) is 5.69 Å². The van der Waals surface area contributed by atoms with Gasteiger partial charge in [0.05, 0.1) is 5.69 Å². The van der Waals surface area contributed by atoms with Gasteiger partial charge in [0, 0.05) is 17.3 Å². The molecule has 94 valence electrons. The molecule has 0 aliphatic rings. The molecule has 0 saturated heterocycles. The van der Waals surface area contributed by atoms with E-state index in [1.165, 1.54) is 5.56 Å². The molecule has 0 fully saturated rings. The van der Waals surface area contributed by atoms with Crippen LogP contribution in [0.5, 0.6) is 0 Å². The molecule has 0 aliphatic heterocycles. The number of nitrogens with one attached hydrogen (secondary N) is 1. The number of hydrogen-bond acceptors (Lipinski definition) is 3. The number of halogens is 1. The number of aryl methyl sites for hydroxylation is 1. The zero-order valence-electron chi connectivity index (χ0n) is 10.3. The molecule has 0 spiro atoms. The standard InChI is InChI=1S/C14H16ClN3/c1-10-2-7-13(16)14(18-10)17-9-8-11-3-5-12(15)6-4-11/h2-7H,8-9,16H2,1H3,(H,17,18). The highest BCUT2D eigenvalue weighted by molar-refractivity contribution is 6.30. The number of hydrogen-bond donors (Lipinski definition) is 2. The average molecular weight is 262 g/mol. The van der Waals surface area contributed by atoms with E-state index in [1.807, 2.05) is 43.3 Å². The van der Waals surface area contributed by atoms with E-state index in [9.17, 15) is 0 Å². The molecule has 0 radical (unpaired) electrons. The van der Waals surface area contributed by atoms with Crippen LogP contribution in [0.4, 0.5) is 11.5 Å². The van der Waals surface area contributed by atoms with Gasteiger partial charge in [-0.3, -0.25) is 0 Å². The van der Waals surface area contributed by atoms with Crippen molar-refractivity contribution in [2.75, 3.05) is 17.6 Å². The molecular weight excluding hydrogens is 246 g/mol. The van der Waals surface area contributed by atoms with Crippen LogP contribution in [0.15, 0.2) is 36.4 Å². The lowest BCUT2D eigenvalue weighted by Crippen LogP contribution is -2.08. The fourth-order valence-corrected chi connectivity index (χ4v) is 1.81. The van der Waals surface area contributed by atoms with Gasteiger partial charge in [-0.2, -0.15) is 0 Å². The van der Waals surface area contributed by atoms with Crippen LogP contribution < -0.4 is 11.1 Å². The Bertz CT molecular complexity index is 523. The summed E-state index contributed by atoms with van der Waals surface area (Å²) in [5.74, 6) is 0.754. The van der Waals surface area contributed by atoms with Gasteiger partial charge in [-0.15, -0.1) is 0 Å². The molecule has 3 N–H and O–H groups in total. The summed E-state index contributed by atoms with van der Waals surface area (Å²) in [7, 11) is 0. The molecule has 0 aliphatic carbocycles. The number of rotatable bonds is 4. The minimum Gasteiger partial charge on any atom is -0.396 e. The summed E-state index contributed by atoms with van der Waals surface area (Å²) in [5, 5.41) is 4.01. The van der Waals surface area contributed by atoms with E-state index in [1.54, 1.807) is 0 Å². The first-order valence-corrected chi connectivity index (χ1v) is 6.24. The first-order chi connectivity index (χ1) is 8.65. The molecule has 2 rings (SSSR count). The molecule has 0 atom stereocenters. The minimum atomic E-state index is 0.678. The molecule has 4 heteroatoms. The lowest BCUT2D eigenvalue weighted by atomic mass is 10.1. The van der Waals surface area contributed by atoms with Crippen LogP contribution >= 0.6 is 11.6 Å². The molecule has 18 heavy (non-hydrogen) atoms. The van der Waals surface area contributed by atoms with Crippen LogP contribution in [-0.4, -0.2) is 11.5 Å². The highest BCUT2D eigenvalue weighted by Crippen LogP contribution is 2.15. The third-order valence-electron chi connectivity index (χ3n) is 2.69. The Morgan fingerprint density at radius 3 is 2.61 bits per heavy atom. The van der Waals surface area contributed by atoms with E-state index in [-0.39, 0.29) is 0 Å². The first-order valence-electron chi connectivity index (χ1n) is 5.86. The number of benzene rings is 1. The monoisotopic (exact) mass is 261 g/mol. The average Bonchev–Trinajstić information content (AvgIpc) is 2.36. The molecule has 3 nitrogen and oxygen atoms in total. The zero-order chi connectivity index (χ0) is 13.0. The molecule has 0 unspecified atom stereocenters. The van der Waals surface area contributed by atoms with E-state index in [4.69, 9.17) is 17.3 Å². The predicted octanol–water partition coefficient (Wildman–Crippen LogP) is 3.28. The Hall–Kier alpha value is -1.74. The van der Waals surface area contributed by atoms with Gasteiger partial charge in [-0.1, -0.05) is 23.7 Å². The molecule has 1 heterocycles. The molecule has 0 bridgehead atoms. The van der Waals surface area contributed by atoms with Crippen molar-refractivity contribution in [1.82, 2.24) is 4.98 Å². The van der Waals surface area contributed by atoms with Crippen molar-refractivity contribution in [1.29, 1.82) is 0 Å². The van der Waals surface area contributed by atoms with Gasteiger partial charge in [0.15, 0.2) is 0 Å². The highest BCUT2D eigenvalue weighted by Gasteiger charge is 2.00. The summed E-state index contributed by atoms with van der Waals surface area (Å²) in [6, 6.07) is 11.6. The van der Waals surface area contributed by atoms with Gasteiger partial charge < -0.3 is 11.1 Å². The summed E-state index contributed by atoms with van der Waals surface area (Å²) < 4.78 is 0. The number of anilines is 2. The second-order valence-corrected chi connectivity index (χ2v) is 4.63.